The highest BCUT2D eigenvalue weighted by atomic mass is 32.1. The number of amides is 2. The standard InChI is InChI=1S/C27H36N6O5S/c1-5-38-22-14-18(9-10-21(22)33-13-7-11-28-33)17(4)30-25(36)23(34)24(35)26(37)32-12-6-8-20(32)19-15-39-27(31-19)29-16(2)3/h7,9-11,13-17,20,23-24,34-35H,5-6,8,12H2,1-4H3,(H,29,31)(H,30,36)/t17-,20-,23-,24-/m1/s1. The second-order valence-electron chi connectivity index (χ2n) is 9.80. The molecule has 0 spiro atoms. The summed E-state index contributed by atoms with van der Waals surface area (Å²) in [5.74, 6) is -0.948. The number of carbonyl (C=O) groups is 2. The molecule has 2 aromatic heterocycles. The third-order valence-electron chi connectivity index (χ3n) is 6.53. The van der Waals surface area contributed by atoms with Crippen LogP contribution in [0.15, 0.2) is 42.0 Å². The Balaban J connectivity index is 1.41. The van der Waals surface area contributed by atoms with E-state index in [9.17, 15) is 19.8 Å². The molecule has 39 heavy (non-hydrogen) atoms. The molecule has 11 nitrogen and oxygen atoms in total. The van der Waals surface area contributed by atoms with E-state index in [0.29, 0.717) is 25.3 Å². The van der Waals surface area contributed by atoms with Gasteiger partial charge in [-0.3, -0.25) is 9.59 Å². The molecule has 1 aliphatic rings. The number of benzene rings is 1. The molecule has 4 rings (SSSR count). The molecule has 4 N–H and O–H groups in total. The summed E-state index contributed by atoms with van der Waals surface area (Å²) in [6, 6.07) is 6.64. The van der Waals surface area contributed by atoms with Gasteiger partial charge in [-0.05, 0) is 64.3 Å². The Labute approximate surface area is 231 Å². The molecule has 0 aliphatic carbocycles. The number of nitrogens with zero attached hydrogens (tertiary/aromatic N) is 4. The summed E-state index contributed by atoms with van der Waals surface area (Å²) in [7, 11) is 0. The summed E-state index contributed by atoms with van der Waals surface area (Å²) < 4.78 is 7.46. The molecule has 3 aromatic rings. The first-order chi connectivity index (χ1) is 18.7. The summed E-state index contributed by atoms with van der Waals surface area (Å²) in [6.45, 7) is 8.52. The molecule has 1 aromatic carbocycles. The molecule has 1 saturated heterocycles. The van der Waals surface area contributed by atoms with E-state index in [1.54, 1.807) is 30.1 Å². The SMILES string of the molecule is CCOc1cc([C@@H](C)NC(=O)[C@H](O)[C@@H](O)C(=O)N2CCC[C@@H]2c2csc(NC(C)C)n2)ccc1-n1cccn1. The van der Waals surface area contributed by atoms with E-state index in [1.807, 2.05) is 44.4 Å². The number of hydrogen-bond donors (Lipinski definition) is 4. The van der Waals surface area contributed by atoms with Gasteiger partial charge in [0.25, 0.3) is 11.8 Å². The first-order valence-electron chi connectivity index (χ1n) is 13.1. The van der Waals surface area contributed by atoms with Crippen molar-refractivity contribution in [3.05, 3.63) is 53.3 Å². The second-order valence-corrected chi connectivity index (χ2v) is 10.7. The van der Waals surface area contributed by atoms with Crippen LogP contribution in [0.4, 0.5) is 5.13 Å². The summed E-state index contributed by atoms with van der Waals surface area (Å²) in [6.07, 6.45) is 1.08. The van der Waals surface area contributed by atoms with Gasteiger partial charge in [0.05, 0.1) is 24.4 Å². The minimum Gasteiger partial charge on any atom is -0.492 e. The molecule has 2 amide bonds. The van der Waals surface area contributed by atoms with Crippen LogP contribution in [-0.2, 0) is 9.59 Å². The van der Waals surface area contributed by atoms with Gasteiger partial charge < -0.3 is 30.5 Å². The molecular weight excluding hydrogens is 520 g/mol. The van der Waals surface area contributed by atoms with Gasteiger partial charge >= 0.3 is 0 Å². The predicted octanol–water partition coefficient (Wildman–Crippen LogP) is 2.81. The van der Waals surface area contributed by atoms with Gasteiger partial charge in [-0.15, -0.1) is 11.3 Å². The van der Waals surface area contributed by atoms with E-state index in [0.717, 1.165) is 28.5 Å². The number of aromatic nitrogens is 3. The Hall–Kier alpha value is -3.48. The van der Waals surface area contributed by atoms with Crippen LogP contribution in [0.1, 0.15) is 63.9 Å². The molecular formula is C27H36N6O5S. The number of ether oxygens (including phenoxy) is 1. The Morgan fingerprint density at radius 2 is 2.03 bits per heavy atom. The maximum absolute atomic E-state index is 13.2. The number of hydrogen-bond acceptors (Lipinski definition) is 9. The summed E-state index contributed by atoms with van der Waals surface area (Å²) in [5.41, 5.74) is 2.21. The first-order valence-corrected chi connectivity index (χ1v) is 14.0. The lowest BCUT2D eigenvalue weighted by Crippen LogP contribution is -2.51. The number of aliphatic hydroxyl groups excluding tert-OH is 2. The van der Waals surface area contributed by atoms with Gasteiger partial charge in [-0.2, -0.15) is 5.10 Å². The number of likely N-dealkylation sites (tertiary alicyclic amines) is 1. The van der Waals surface area contributed by atoms with Crippen LogP contribution in [0, 0.1) is 0 Å². The maximum atomic E-state index is 13.2. The van der Waals surface area contributed by atoms with E-state index in [-0.39, 0.29) is 12.1 Å². The van der Waals surface area contributed by atoms with Crippen molar-refractivity contribution in [2.75, 3.05) is 18.5 Å². The zero-order valence-electron chi connectivity index (χ0n) is 22.6. The van der Waals surface area contributed by atoms with Crippen LogP contribution in [0.2, 0.25) is 0 Å². The molecule has 4 atom stereocenters. The van der Waals surface area contributed by atoms with Gasteiger partial charge in [0.2, 0.25) is 0 Å². The lowest BCUT2D eigenvalue weighted by molar-refractivity contribution is -0.154. The van der Waals surface area contributed by atoms with Gasteiger partial charge in [0.15, 0.2) is 17.3 Å². The fraction of sp³-hybridized carbons (Fsp3) is 0.481. The van der Waals surface area contributed by atoms with Crippen molar-refractivity contribution in [1.29, 1.82) is 0 Å². The van der Waals surface area contributed by atoms with Gasteiger partial charge in [0, 0.05) is 30.4 Å². The van der Waals surface area contributed by atoms with E-state index >= 15 is 0 Å². The van der Waals surface area contributed by atoms with Crippen molar-refractivity contribution in [2.24, 2.45) is 0 Å². The van der Waals surface area contributed by atoms with Crippen LogP contribution in [-0.4, -0.2) is 73.1 Å². The molecule has 1 fully saturated rings. The van der Waals surface area contributed by atoms with Crippen LogP contribution in [0.3, 0.4) is 0 Å². The molecule has 1 aliphatic heterocycles. The third kappa shape index (κ3) is 6.57. The molecule has 12 heteroatoms. The summed E-state index contributed by atoms with van der Waals surface area (Å²) in [4.78, 5) is 32.1. The highest BCUT2D eigenvalue weighted by Crippen LogP contribution is 2.34. The van der Waals surface area contributed by atoms with Crippen LogP contribution in [0.5, 0.6) is 5.75 Å². The van der Waals surface area contributed by atoms with E-state index in [1.165, 1.54) is 16.2 Å². The highest BCUT2D eigenvalue weighted by Gasteiger charge is 2.39. The minimum atomic E-state index is -1.93. The van der Waals surface area contributed by atoms with Crippen molar-refractivity contribution in [2.45, 2.75) is 70.9 Å². The third-order valence-corrected chi connectivity index (χ3v) is 7.32. The molecule has 210 valence electrons. The Morgan fingerprint density at radius 1 is 1.23 bits per heavy atom. The molecule has 0 saturated carbocycles. The summed E-state index contributed by atoms with van der Waals surface area (Å²) in [5, 5.41) is 34.1. The number of anilines is 1. The summed E-state index contributed by atoms with van der Waals surface area (Å²) >= 11 is 1.46. The number of nitrogens with one attached hydrogen (secondary N) is 2. The zero-order chi connectivity index (χ0) is 28.1. The fourth-order valence-electron chi connectivity index (χ4n) is 4.59. The second kappa shape index (κ2) is 12.6. The zero-order valence-corrected chi connectivity index (χ0v) is 23.4. The minimum absolute atomic E-state index is 0.225. The molecule has 0 bridgehead atoms. The van der Waals surface area contributed by atoms with Crippen molar-refractivity contribution >= 4 is 28.3 Å². The van der Waals surface area contributed by atoms with Crippen LogP contribution in [0.25, 0.3) is 5.69 Å². The van der Waals surface area contributed by atoms with Crippen molar-refractivity contribution in [3.63, 3.8) is 0 Å². The quantitative estimate of drug-likeness (QED) is 0.283. The maximum Gasteiger partial charge on any atom is 0.255 e. The van der Waals surface area contributed by atoms with E-state index < -0.39 is 30.1 Å². The fourth-order valence-corrected chi connectivity index (χ4v) is 5.50. The van der Waals surface area contributed by atoms with Crippen molar-refractivity contribution < 1.29 is 24.5 Å². The number of rotatable bonds is 11. The first kappa shape index (κ1) is 28.5. The Bertz CT molecular complexity index is 1260. The topological polar surface area (TPSA) is 142 Å². The van der Waals surface area contributed by atoms with Crippen LogP contribution >= 0.6 is 11.3 Å². The Kier molecular flexibility index (Phi) is 9.20. The van der Waals surface area contributed by atoms with Crippen LogP contribution < -0.4 is 15.4 Å². The smallest absolute Gasteiger partial charge is 0.255 e. The largest absolute Gasteiger partial charge is 0.492 e. The molecule has 0 radical (unpaired) electrons. The lowest BCUT2D eigenvalue weighted by Gasteiger charge is -2.28. The predicted molar refractivity (Wildman–Crippen MR) is 148 cm³/mol. The number of carbonyl (C=O) groups excluding carboxylic acids is 2. The van der Waals surface area contributed by atoms with Crippen molar-refractivity contribution in [1.82, 2.24) is 25.0 Å². The number of thiazole rings is 1. The average molecular weight is 557 g/mol. The monoisotopic (exact) mass is 556 g/mol. The van der Waals surface area contributed by atoms with E-state index in [4.69, 9.17) is 4.74 Å². The molecule has 3 heterocycles. The van der Waals surface area contributed by atoms with Crippen molar-refractivity contribution in [3.8, 4) is 11.4 Å². The Morgan fingerprint density at radius 3 is 2.72 bits per heavy atom. The highest BCUT2D eigenvalue weighted by molar-refractivity contribution is 7.13. The normalized spacial score (nSPS) is 17.6. The van der Waals surface area contributed by atoms with Gasteiger partial charge in [-0.1, -0.05) is 6.07 Å². The van der Waals surface area contributed by atoms with Gasteiger partial charge in [0.1, 0.15) is 11.4 Å². The number of aliphatic hydroxyl groups is 2. The average Bonchev–Trinajstić information content (AvgIpc) is 3.69. The molecule has 0 unspecified atom stereocenters. The lowest BCUT2D eigenvalue weighted by atomic mass is 10.1. The van der Waals surface area contributed by atoms with Gasteiger partial charge in [-0.25, -0.2) is 9.67 Å². The van der Waals surface area contributed by atoms with E-state index in [2.05, 4.69) is 20.7 Å².